The maximum atomic E-state index is 12.1. The number of amides is 1. The number of hydrogen-bond donors (Lipinski definition) is 3. The fourth-order valence-electron chi connectivity index (χ4n) is 1.70. The zero-order chi connectivity index (χ0) is 15.9. The number of rotatable bonds is 8. The van der Waals surface area contributed by atoms with Gasteiger partial charge in [0.2, 0.25) is 15.9 Å². The second kappa shape index (κ2) is 8.11. The lowest BCUT2D eigenvalue weighted by molar-refractivity contribution is -0.120. The van der Waals surface area contributed by atoms with Crippen LogP contribution in [0.25, 0.3) is 0 Å². The van der Waals surface area contributed by atoms with E-state index in [9.17, 15) is 13.2 Å². The first kappa shape index (κ1) is 17.6. The Morgan fingerprint density at radius 1 is 1.33 bits per heavy atom. The zero-order valence-electron chi connectivity index (χ0n) is 12.4. The van der Waals surface area contributed by atoms with Crippen LogP contribution < -0.4 is 15.8 Å². The molecule has 1 atom stereocenters. The molecule has 0 radical (unpaired) electrons. The smallest absolute Gasteiger partial charge is 0.240 e. The van der Waals surface area contributed by atoms with Crippen molar-refractivity contribution in [1.82, 2.24) is 10.0 Å². The Bertz CT molecular complexity index is 571. The molecule has 0 aliphatic heterocycles. The fourth-order valence-corrected chi connectivity index (χ4v) is 2.79. The van der Waals surface area contributed by atoms with E-state index < -0.39 is 10.0 Å². The Morgan fingerprint density at radius 2 is 2.05 bits per heavy atom. The SMILES string of the molecule is CCCNC(=O)CCNS(=O)(=O)c1cccc(C(C)N)c1. The van der Waals surface area contributed by atoms with Crippen LogP contribution in [0.5, 0.6) is 0 Å². The molecule has 0 saturated heterocycles. The van der Waals surface area contributed by atoms with Crippen LogP contribution >= 0.6 is 0 Å². The largest absolute Gasteiger partial charge is 0.356 e. The van der Waals surface area contributed by atoms with Gasteiger partial charge in [0.1, 0.15) is 0 Å². The molecule has 21 heavy (non-hydrogen) atoms. The maximum Gasteiger partial charge on any atom is 0.240 e. The predicted octanol–water partition coefficient (Wildman–Crippen LogP) is 0.901. The monoisotopic (exact) mass is 313 g/mol. The number of carbonyl (C=O) groups excluding carboxylic acids is 1. The Balaban J connectivity index is 2.61. The Kier molecular flexibility index (Phi) is 6.80. The maximum absolute atomic E-state index is 12.1. The lowest BCUT2D eigenvalue weighted by Crippen LogP contribution is -2.31. The first-order valence-corrected chi connectivity index (χ1v) is 8.47. The summed E-state index contributed by atoms with van der Waals surface area (Å²) in [5, 5.41) is 2.69. The minimum absolute atomic E-state index is 0.0697. The predicted molar refractivity (Wildman–Crippen MR) is 82.2 cm³/mol. The summed E-state index contributed by atoms with van der Waals surface area (Å²) in [7, 11) is -3.62. The summed E-state index contributed by atoms with van der Waals surface area (Å²) in [4.78, 5) is 11.6. The van der Waals surface area contributed by atoms with Crippen molar-refractivity contribution in [2.24, 2.45) is 5.73 Å². The molecular weight excluding hydrogens is 290 g/mol. The van der Waals surface area contributed by atoms with Crippen molar-refractivity contribution in [3.8, 4) is 0 Å². The molecule has 1 rings (SSSR count). The molecule has 0 fully saturated rings. The molecule has 0 aromatic heterocycles. The average molecular weight is 313 g/mol. The summed E-state index contributed by atoms with van der Waals surface area (Å²) in [6, 6.07) is 6.25. The van der Waals surface area contributed by atoms with Gasteiger partial charge in [-0.05, 0) is 31.0 Å². The number of nitrogens with one attached hydrogen (secondary N) is 2. The van der Waals surface area contributed by atoms with E-state index in [2.05, 4.69) is 10.0 Å². The summed E-state index contributed by atoms with van der Waals surface area (Å²) in [5.74, 6) is -0.163. The van der Waals surface area contributed by atoms with Crippen LogP contribution in [0.1, 0.15) is 38.3 Å². The molecule has 0 aliphatic rings. The van der Waals surface area contributed by atoms with E-state index in [1.54, 1.807) is 25.1 Å². The van der Waals surface area contributed by atoms with Crippen LogP contribution in [-0.4, -0.2) is 27.4 Å². The van der Waals surface area contributed by atoms with Gasteiger partial charge in [-0.1, -0.05) is 19.1 Å². The Hall–Kier alpha value is -1.44. The molecule has 1 aromatic carbocycles. The topological polar surface area (TPSA) is 101 Å². The molecule has 7 heteroatoms. The van der Waals surface area contributed by atoms with E-state index in [0.29, 0.717) is 6.54 Å². The third-order valence-electron chi connectivity index (χ3n) is 2.91. The average Bonchev–Trinajstić information content (AvgIpc) is 2.45. The van der Waals surface area contributed by atoms with Gasteiger partial charge in [0.15, 0.2) is 0 Å². The normalized spacial score (nSPS) is 12.9. The third-order valence-corrected chi connectivity index (χ3v) is 4.37. The van der Waals surface area contributed by atoms with Crippen LogP contribution in [0.3, 0.4) is 0 Å². The number of carbonyl (C=O) groups is 1. The summed E-state index contributed by atoms with van der Waals surface area (Å²) < 4.78 is 26.7. The van der Waals surface area contributed by atoms with Crippen LogP contribution in [0.2, 0.25) is 0 Å². The first-order valence-electron chi connectivity index (χ1n) is 6.98. The summed E-state index contributed by atoms with van der Waals surface area (Å²) >= 11 is 0. The van der Waals surface area contributed by atoms with Crippen LogP contribution in [-0.2, 0) is 14.8 Å². The number of hydrogen-bond acceptors (Lipinski definition) is 4. The van der Waals surface area contributed by atoms with E-state index >= 15 is 0 Å². The standard InChI is InChI=1S/C14H23N3O3S/c1-3-8-16-14(18)7-9-17-21(19,20)13-6-4-5-12(10-13)11(2)15/h4-6,10-11,17H,3,7-9,15H2,1-2H3,(H,16,18). The van der Waals surface area contributed by atoms with Gasteiger partial charge < -0.3 is 11.1 Å². The van der Waals surface area contributed by atoms with Crippen LogP contribution in [0.15, 0.2) is 29.2 Å². The minimum Gasteiger partial charge on any atom is -0.356 e. The van der Waals surface area contributed by atoms with Gasteiger partial charge in [0.05, 0.1) is 4.90 Å². The van der Waals surface area contributed by atoms with Crippen molar-refractivity contribution in [2.45, 2.75) is 37.6 Å². The molecule has 0 spiro atoms. The quantitative estimate of drug-likeness (QED) is 0.663. The van der Waals surface area contributed by atoms with Gasteiger partial charge in [-0.3, -0.25) is 4.79 Å². The van der Waals surface area contributed by atoms with Crippen molar-refractivity contribution in [3.05, 3.63) is 29.8 Å². The summed E-state index contributed by atoms with van der Waals surface area (Å²) in [6.07, 6.45) is 0.966. The highest BCUT2D eigenvalue weighted by atomic mass is 32.2. The highest BCUT2D eigenvalue weighted by molar-refractivity contribution is 7.89. The first-order chi connectivity index (χ1) is 9.86. The second-order valence-electron chi connectivity index (χ2n) is 4.86. The minimum atomic E-state index is -3.62. The van der Waals surface area contributed by atoms with Crippen molar-refractivity contribution in [2.75, 3.05) is 13.1 Å². The van der Waals surface area contributed by atoms with Crippen LogP contribution in [0.4, 0.5) is 0 Å². The van der Waals surface area contributed by atoms with E-state index in [0.717, 1.165) is 12.0 Å². The van der Waals surface area contributed by atoms with E-state index in [-0.39, 0.29) is 29.8 Å². The Morgan fingerprint density at radius 3 is 2.67 bits per heavy atom. The number of benzene rings is 1. The molecule has 6 nitrogen and oxygen atoms in total. The van der Waals surface area contributed by atoms with E-state index in [1.807, 2.05) is 6.92 Å². The van der Waals surface area contributed by atoms with Crippen molar-refractivity contribution in [3.63, 3.8) is 0 Å². The second-order valence-corrected chi connectivity index (χ2v) is 6.63. The molecular formula is C14H23N3O3S. The van der Waals surface area contributed by atoms with Crippen molar-refractivity contribution >= 4 is 15.9 Å². The number of nitrogens with two attached hydrogens (primary N) is 1. The van der Waals surface area contributed by atoms with Gasteiger partial charge in [-0.15, -0.1) is 0 Å². The summed E-state index contributed by atoms with van der Waals surface area (Å²) in [6.45, 7) is 4.41. The molecule has 0 heterocycles. The molecule has 1 aromatic rings. The van der Waals surface area contributed by atoms with Crippen molar-refractivity contribution in [1.29, 1.82) is 0 Å². The molecule has 0 saturated carbocycles. The van der Waals surface area contributed by atoms with E-state index in [4.69, 9.17) is 5.73 Å². The van der Waals surface area contributed by atoms with E-state index in [1.165, 1.54) is 6.07 Å². The molecule has 0 bridgehead atoms. The fraction of sp³-hybridized carbons (Fsp3) is 0.500. The lowest BCUT2D eigenvalue weighted by atomic mass is 10.1. The highest BCUT2D eigenvalue weighted by Crippen LogP contribution is 2.15. The zero-order valence-corrected chi connectivity index (χ0v) is 13.2. The van der Waals surface area contributed by atoms with Gasteiger partial charge in [-0.25, -0.2) is 13.1 Å². The Labute approximate surface area is 126 Å². The summed E-state index contributed by atoms with van der Waals surface area (Å²) in [5.41, 5.74) is 6.49. The van der Waals surface area contributed by atoms with Gasteiger partial charge in [0, 0.05) is 25.6 Å². The van der Waals surface area contributed by atoms with Crippen LogP contribution in [0, 0.1) is 0 Å². The molecule has 4 N–H and O–H groups in total. The molecule has 1 unspecified atom stereocenters. The molecule has 1 amide bonds. The van der Waals surface area contributed by atoms with Gasteiger partial charge >= 0.3 is 0 Å². The molecule has 118 valence electrons. The highest BCUT2D eigenvalue weighted by Gasteiger charge is 2.15. The lowest BCUT2D eigenvalue weighted by Gasteiger charge is -2.10. The van der Waals surface area contributed by atoms with Gasteiger partial charge in [0.25, 0.3) is 0 Å². The van der Waals surface area contributed by atoms with Crippen molar-refractivity contribution < 1.29 is 13.2 Å². The third kappa shape index (κ3) is 5.82. The van der Waals surface area contributed by atoms with Gasteiger partial charge in [-0.2, -0.15) is 0 Å². The molecule has 0 aliphatic carbocycles. The number of sulfonamides is 1.